The molecule has 0 heterocycles. The first-order chi connectivity index (χ1) is 10.3. The van der Waals surface area contributed by atoms with E-state index in [-0.39, 0.29) is 6.10 Å². The molecule has 0 aromatic heterocycles. The standard InChI is InChI=1S/C18H23NO2/c1-20-14-6-4-7-15(11-14)21-18-10-9-13-5-2-3-8-16(13)17(18)12-19/h2-3,5,8-10,14-15H,4,6-7,11-12,19H2,1H3. The summed E-state index contributed by atoms with van der Waals surface area (Å²) in [5.41, 5.74) is 7.07. The number of nitrogens with two attached hydrogens (primary N) is 1. The maximum Gasteiger partial charge on any atom is 0.124 e. The van der Waals surface area contributed by atoms with Crippen LogP contribution >= 0.6 is 0 Å². The van der Waals surface area contributed by atoms with Gasteiger partial charge in [0.1, 0.15) is 11.9 Å². The number of methoxy groups -OCH3 is 1. The van der Waals surface area contributed by atoms with Gasteiger partial charge in [-0.15, -0.1) is 0 Å². The normalized spacial score (nSPS) is 22.4. The molecule has 0 aliphatic heterocycles. The van der Waals surface area contributed by atoms with E-state index in [0.717, 1.165) is 37.0 Å². The fourth-order valence-corrected chi connectivity index (χ4v) is 3.24. The number of rotatable bonds is 4. The molecule has 2 atom stereocenters. The number of hydrogen-bond donors (Lipinski definition) is 1. The van der Waals surface area contributed by atoms with Gasteiger partial charge in [0.05, 0.1) is 6.10 Å². The van der Waals surface area contributed by atoms with Gasteiger partial charge in [0.2, 0.25) is 0 Å². The van der Waals surface area contributed by atoms with Crippen molar-refractivity contribution >= 4 is 10.8 Å². The maximum atomic E-state index is 6.26. The first kappa shape index (κ1) is 14.4. The number of ether oxygens (including phenoxy) is 2. The minimum Gasteiger partial charge on any atom is -0.490 e. The molecule has 1 fully saturated rings. The Hall–Kier alpha value is -1.58. The lowest BCUT2D eigenvalue weighted by Crippen LogP contribution is -2.29. The third kappa shape index (κ3) is 3.04. The Labute approximate surface area is 126 Å². The van der Waals surface area contributed by atoms with Gasteiger partial charge in [-0.2, -0.15) is 0 Å². The Morgan fingerprint density at radius 3 is 2.71 bits per heavy atom. The van der Waals surface area contributed by atoms with Crippen LogP contribution in [-0.2, 0) is 11.3 Å². The third-order valence-corrected chi connectivity index (χ3v) is 4.41. The fourth-order valence-electron chi connectivity index (χ4n) is 3.24. The van der Waals surface area contributed by atoms with E-state index in [9.17, 15) is 0 Å². The second-order valence-corrected chi connectivity index (χ2v) is 5.73. The van der Waals surface area contributed by atoms with Gasteiger partial charge >= 0.3 is 0 Å². The Morgan fingerprint density at radius 1 is 1.10 bits per heavy atom. The van der Waals surface area contributed by atoms with E-state index in [1.54, 1.807) is 7.11 Å². The molecule has 3 heteroatoms. The van der Waals surface area contributed by atoms with E-state index in [2.05, 4.69) is 24.3 Å². The first-order valence-electron chi connectivity index (χ1n) is 7.72. The molecule has 2 N–H and O–H groups in total. The lowest BCUT2D eigenvalue weighted by atomic mass is 9.94. The lowest BCUT2D eigenvalue weighted by Gasteiger charge is -2.29. The molecular formula is C18H23NO2. The predicted octanol–water partition coefficient (Wildman–Crippen LogP) is 3.63. The molecule has 3 rings (SSSR count). The topological polar surface area (TPSA) is 44.5 Å². The summed E-state index contributed by atoms with van der Waals surface area (Å²) in [4.78, 5) is 0. The van der Waals surface area contributed by atoms with Crippen molar-refractivity contribution in [3.05, 3.63) is 42.0 Å². The number of benzene rings is 2. The van der Waals surface area contributed by atoms with Crippen LogP contribution in [0.25, 0.3) is 10.8 Å². The van der Waals surface area contributed by atoms with E-state index < -0.39 is 0 Å². The summed E-state index contributed by atoms with van der Waals surface area (Å²) in [5.74, 6) is 0.929. The second kappa shape index (κ2) is 6.46. The molecule has 2 aromatic carbocycles. The molecule has 1 aliphatic carbocycles. The van der Waals surface area contributed by atoms with Gasteiger partial charge < -0.3 is 15.2 Å². The van der Waals surface area contributed by atoms with Gasteiger partial charge in [-0.25, -0.2) is 0 Å². The monoisotopic (exact) mass is 285 g/mol. The van der Waals surface area contributed by atoms with Crippen LogP contribution in [0.3, 0.4) is 0 Å². The van der Waals surface area contributed by atoms with E-state index >= 15 is 0 Å². The summed E-state index contributed by atoms with van der Waals surface area (Å²) in [6.45, 7) is 0.497. The zero-order valence-corrected chi connectivity index (χ0v) is 12.5. The summed E-state index contributed by atoms with van der Waals surface area (Å²) in [5, 5.41) is 2.40. The van der Waals surface area contributed by atoms with Crippen LogP contribution < -0.4 is 10.5 Å². The Morgan fingerprint density at radius 2 is 1.90 bits per heavy atom. The Kier molecular flexibility index (Phi) is 4.42. The first-order valence-corrected chi connectivity index (χ1v) is 7.72. The van der Waals surface area contributed by atoms with Crippen LogP contribution in [0.15, 0.2) is 36.4 Å². The zero-order valence-electron chi connectivity index (χ0n) is 12.5. The molecule has 2 aromatic rings. The highest BCUT2D eigenvalue weighted by molar-refractivity contribution is 5.87. The summed E-state index contributed by atoms with van der Waals surface area (Å²) in [6.07, 6.45) is 4.91. The highest BCUT2D eigenvalue weighted by Gasteiger charge is 2.23. The van der Waals surface area contributed by atoms with Crippen molar-refractivity contribution in [3.63, 3.8) is 0 Å². The van der Waals surface area contributed by atoms with Gasteiger partial charge in [0.25, 0.3) is 0 Å². The van der Waals surface area contributed by atoms with Crippen LogP contribution in [-0.4, -0.2) is 19.3 Å². The molecule has 0 amide bonds. The van der Waals surface area contributed by atoms with Gasteiger partial charge in [-0.1, -0.05) is 30.3 Å². The number of hydrogen-bond acceptors (Lipinski definition) is 3. The second-order valence-electron chi connectivity index (χ2n) is 5.73. The van der Waals surface area contributed by atoms with Gasteiger partial charge in [0.15, 0.2) is 0 Å². The molecule has 0 radical (unpaired) electrons. The van der Waals surface area contributed by atoms with Gasteiger partial charge in [0, 0.05) is 25.6 Å². The van der Waals surface area contributed by atoms with E-state index in [0.29, 0.717) is 12.6 Å². The van der Waals surface area contributed by atoms with Crippen molar-refractivity contribution in [1.29, 1.82) is 0 Å². The van der Waals surface area contributed by atoms with Gasteiger partial charge in [-0.3, -0.25) is 0 Å². The van der Waals surface area contributed by atoms with Crippen LogP contribution in [0, 0.1) is 0 Å². The van der Waals surface area contributed by atoms with E-state index in [1.165, 1.54) is 10.8 Å². The van der Waals surface area contributed by atoms with Crippen LogP contribution in [0.2, 0.25) is 0 Å². The SMILES string of the molecule is COC1CCCC(Oc2ccc3ccccc3c2CN)C1. The van der Waals surface area contributed by atoms with E-state index in [1.807, 2.05) is 12.1 Å². The molecule has 0 spiro atoms. The number of fused-ring (bicyclic) bond motifs is 1. The minimum absolute atomic E-state index is 0.232. The average molecular weight is 285 g/mol. The largest absolute Gasteiger partial charge is 0.490 e. The Bertz CT molecular complexity index is 611. The summed E-state index contributed by atoms with van der Waals surface area (Å²) < 4.78 is 11.7. The summed E-state index contributed by atoms with van der Waals surface area (Å²) in [7, 11) is 1.79. The summed E-state index contributed by atoms with van der Waals surface area (Å²) in [6, 6.07) is 12.5. The van der Waals surface area contributed by atoms with Crippen molar-refractivity contribution < 1.29 is 9.47 Å². The Balaban J connectivity index is 1.86. The molecule has 112 valence electrons. The molecule has 0 saturated heterocycles. The molecule has 21 heavy (non-hydrogen) atoms. The quantitative estimate of drug-likeness (QED) is 0.933. The van der Waals surface area contributed by atoms with Crippen molar-refractivity contribution in [2.45, 2.75) is 44.4 Å². The molecule has 1 saturated carbocycles. The molecule has 3 nitrogen and oxygen atoms in total. The maximum absolute atomic E-state index is 6.26. The highest BCUT2D eigenvalue weighted by Crippen LogP contribution is 2.31. The van der Waals surface area contributed by atoms with E-state index in [4.69, 9.17) is 15.2 Å². The third-order valence-electron chi connectivity index (χ3n) is 4.41. The molecule has 0 bridgehead atoms. The lowest BCUT2D eigenvalue weighted by molar-refractivity contribution is 0.0207. The average Bonchev–Trinajstić information content (AvgIpc) is 2.55. The molecular weight excluding hydrogens is 262 g/mol. The highest BCUT2D eigenvalue weighted by atomic mass is 16.5. The summed E-state index contributed by atoms with van der Waals surface area (Å²) >= 11 is 0. The zero-order chi connectivity index (χ0) is 14.7. The van der Waals surface area contributed by atoms with Crippen molar-refractivity contribution in [1.82, 2.24) is 0 Å². The van der Waals surface area contributed by atoms with Crippen molar-refractivity contribution in [2.75, 3.05) is 7.11 Å². The fraction of sp³-hybridized carbons (Fsp3) is 0.444. The van der Waals surface area contributed by atoms with Crippen molar-refractivity contribution in [2.24, 2.45) is 5.73 Å². The smallest absolute Gasteiger partial charge is 0.124 e. The molecule has 2 unspecified atom stereocenters. The predicted molar refractivity (Wildman–Crippen MR) is 85.5 cm³/mol. The van der Waals surface area contributed by atoms with Crippen LogP contribution in [0.1, 0.15) is 31.2 Å². The molecule has 1 aliphatic rings. The van der Waals surface area contributed by atoms with Gasteiger partial charge in [-0.05, 0) is 36.1 Å². The van der Waals surface area contributed by atoms with Crippen molar-refractivity contribution in [3.8, 4) is 5.75 Å². The van der Waals surface area contributed by atoms with Crippen LogP contribution in [0.5, 0.6) is 5.75 Å². The van der Waals surface area contributed by atoms with Crippen LogP contribution in [0.4, 0.5) is 0 Å². The minimum atomic E-state index is 0.232.